The van der Waals surface area contributed by atoms with Crippen LogP contribution in [0.25, 0.3) is 0 Å². The molecule has 1 saturated heterocycles. The number of hydrogen-bond acceptors (Lipinski definition) is 6. The predicted molar refractivity (Wildman–Crippen MR) is 62.2 cm³/mol. The van der Waals surface area contributed by atoms with Crippen LogP contribution in [0.4, 0.5) is 0 Å². The van der Waals surface area contributed by atoms with Gasteiger partial charge in [0.1, 0.15) is 18.3 Å². The van der Waals surface area contributed by atoms with Crippen molar-refractivity contribution in [2.75, 3.05) is 6.61 Å². The number of hydrogen-bond donors (Lipinski definition) is 3. The van der Waals surface area contributed by atoms with Crippen LogP contribution in [0, 0.1) is 12.5 Å². The van der Waals surface area contributed by atoms with E-state index in [2.05, 4.69) is 0 Å². The fourth-order valence-electron chi connectivity index (χ4n) is 1.91. The minimum Gasteiger partial charge on any atom is -0.394 e. The number of aromatic nitrogens is 2. The van der Waals surface area contributed by atoms with Gasteiger partial charge >= 0.3 is 5.69 Å². The van der Waals surface area contributed by atoms with Crippen molar-refractivity contribution in [3.8, 4) is 12.5 Å². The van der Waals surface area contributed by atoms with Crippen LogP contribution in [-0.4, -0.2) is 49.4 Å². The fourth-order valence-corrected chi connectivity index (χ4v) is 1.91. The first-order valence-corrected chi connectivity index (χ1v) is 5.44. The molecule has 0 radical (unpaired) electrons. The highest BCUT2D eigenvalue weighted by Gasteiger charge is 2.43. The molecule has 0 amide bonds. The van der Waals surface area contributed by atoms with Gasteiger partial charge in [-0.2, -0.15) is 4.57 Å². The summed E-state index contributed by atoms with van der Waals surface area (Å²) in [5.74, 6) is 0. The number of terminal acetylenes is 1. The van der Waals surface area contributed by atoms with E-state index in [1.54, 1.807) is 0 Å². The van der Waals surface area contributed by atoms with E-state index in [0.717, 1.165) is 16.8 Å². The number of nitrogens with zero attached hydrogens (tertiary/aromatic N) is 2. The van der Waals surface area contributed by atoms with Gasteiger partial charge in [0.15, 0.2) is 6.23 Å². The van der Waals surface area contributed by atoms with Crippen molar-refractivity contribution in [1.29, 1.82) is 0 Å². The monoisotopic (exact) mass is 268 g/mol. The highest BCUT2D eigenvalue weighted by atomic mass is 16.6. The zero-order chi connectivity index (χ0) is 14.2. The third kappa shape index (κ3) is 2.09. The Morgan fingerprint density at radius 2 is 2.05 bits per heavy atom. The number of aliphatic hydroxyl groups is 3. The van der Waals surface area contributed by atoms with Gasteiger partial charge < -0.3 is 20.1 Å². The van der Waals surface area contributed by atoms with Crippen molar-refractivity contribution < 1.29 is 20.1 Å². The Bertz CT molecular complexity index is 627. The summed E-state index contributed by atoms with van der Waals surface area (Å²) in [6, 6.07) is 2.94. The minimum absolute atomic E-state index is 0.509. The van der Waals surface area contributed by atoms with Gasteiger partial charge in [-0.1, -0.05) is 6.42 Å². The molecule has 3 N–H and O–H groups in total. The van der Waals surface area contributed by atoms with Gasteiger partial charge in [-0.25, -0.2) is 4.79 Å². The van der Waals surface area contributed by atoms with Crippen molar-refractivity contribution in [1.82, 2.24) is 9.13 Å². The number of ether oxygens (including phenoxy) is 1. The van der Waals surface area contributed by atoms with Crippen molar-refractivity contribution in [2.45, 2.75) is 24.5 Å². The summed E-state index contributed by atoms with van der Waals surface area (Å²) in [6.45, 7) is -0.516. The molecule has 0 spiro atoms. The Hall–Kier alpha value is -1.92. The average molecular weight is 268 g/mol. The Kier molecular flexibility index (Phi) is 3.55. The summed E-state index contributed by atoms with van der Waals surface area (Å²) in [5, 5.41) is 28.3. The number of aliphatic hydroxyl groups excluding tert-OH is 3. The van der Waals surface area contributed by atoms with E-state index in [-0.39, 0.29) is 0 Å². The zero-order valence-electron chi connectivity index (χ0n) is 9.71. The van der Waals surface area contributed by atoms with Crippen LogP contribution >= 0.6 is 0 Å². The van der Waals surface area contributed by atoms with Crippen LogP contribution in [0.1, 0.15) is 6.23 Å². The first-order valence-electron chi connectivity index (χ1n) is 5.44. The molecule has 1 aromatic rings. The number of rotatable bonds is 2. The van der Waals surface area contributed by atoms with Gasteiger partial charge in [-0.05, 0) is 0 Å². The van der Waals surface area contributed by atoms with Crippen LogP contribution in [0.5, 0.6) is 0 Å². The maximum Gasteiger partial charge on any atom is 0.345 e. The summed E-state index contributed by atoms with van der Waals surface area (Å²) in [5.41, 5.74) is -1.56. The van der Waals surface area contributed by atoms with E-state index in [1.165, 1.54) is 0 Å². The minimum atomic E-state index is -1.42. The Morgan fingerprint density at radius 1 is 1.37 bits per heavy atom. The third-order valence-electron chi connectivity index (χ3n) is 2.93. The van der Waals surface area contributed by atoms with Crippen LogP contribution in [0.15, 0.2) is 21.9 Å². The van der Waals surface area contributed by atoms with Crippen LogP contribution < -0.4 is 11.2 Å². The molecular formula is C11H12N2O6. The van der Waals surface area contributed by atoms with Gasteiger partial charge in [0.2, 0.25) is 0 Å². The van der Waals surface area contributed by atoms with Crippen molar-refractivity contribution in [3.63, 3.8) is 0 Å². The Balaban J connectivity index is 2.48. The molecule has 2 rings (SSSR count). The molecule has 8 nitrogen and oxygen atoms in total. The molecule has 2 heterocycles. The topological polar surface area (TPSA) is 114 Å². The second-order valence-corrected chi connectivity index (χ2v) is 4.04. The van der Waals surface area contributed by atoms with E-state index < -0.39 is 42.4 Å². The van der Waals surface area contributed by atoms with Crippen LogP contribution in [0.2, 0.25) is 0 Å². The zero-order valence-corrected chi connectivity index (χ0v) is 9.71. The molecule has 8 heteroatoms. The molecule has 102 valence electrons. The largest absolute Gasteiger partial charge is 0.394 e. The van der Waals surface area contributed by atoms with Crippen molar-refractivity contribution in [2.24, 2.45) is 0 Å². The summed E-state index contributed by atoms with van der Waals surface area (Å²) in [6.07, 6.45) is 1.16. The summed E-state index contributed by atoms with van der Waals surface area (Å²) < 4.78 is 6.57. The van der Waals surface area contributed by atoms with Gasteiger partial charge in [0, 0.05) is 18.3 Å². The van der Waals surface area contributed by atoms with E-state index in [4.69, 9.17) is 16.3 Å². The average Bonchev–Trinajstić information content (AvgIpc) is 2.67. The molecule has 1 aliphatic heterocycles. The second kappa shape index (κ2) is 4.99. The Labute approximate surface area is 107 Å². The quantitative estimate of drug-likeness (QED) is 0.494. The maximum atomic E-state index is 11.9. The summed E-state index contributed by atoms with van der Waals surface area (Å²) in [4.78, 5) is 23.2. The third-order valence-corrected chi connectivity index (χ3v) is 2.93. The molecule has 0 unspecified atom stereocenters. The van der Waals surface area contributed by atoms with E-state index in [1.807, 2.05) is 6.04 Å². The smallest absolute Gasteiger partial charge is 0.345 e. The second-order valence-electron chi connectivity index (χ2n) is 4.04. The SMILES string of the molecule is C#Cn1c(=O)ccn([C@@H]2O[C@H](CO)[C@@H](O)[C@H]2O)c1=O. The molecule has 19 heavy (non-hydrogen) atoms. The summed E-state index contributed by atoms with van der Waals surface area (Å²) in [7, 11) is 0. The highest BCUT2D eigenvalue weighted by Crippen LogP contribution is 2.27. The molecule has 0 saturated carbocycles. The van der Waals surface area contributed by atoms with Gasteiger partial charge in [-0.15, -0.1) is 0 Å². The van der Waals surface area contributed by atoms with Crippen molar-refractivity contribution >= 4 is 0 Å². The van der Waals surface area contributed by atoms with Crippen LogP contribution in [-0.2, 0) is 4.74 Å². The van der Waals surface area contributed by atoms with E-state index >= 15 is 0 Å². The molecular weight excluding hydrogens is 256 g/mol. The van der Waals surface area contributed by atoms with Gasteiger partial charge in [0.05, 0.1) is 6.61 Å². The fraction of sp³-hybridized carbons (Fsp3) is 0.455. The first kappa shape index (κ1) is 13.5. The standard InChI is InChI=1S/C11H12N2O6/c1-2-12-7(15)3-4-13(11(12)18)10-9(17)8(16)6(5-14)19-10/h1,3-4,6,8-10,14,16-17H,5H2/t6-,8-,9-,10-/m1/s1. The molecule has 1 aliphatic rings. The first-order chi connectivity index (χ1) is 9.01. The molecule has 1 aromatic heterocycles. The normalized spacial score (nSPS) is 30.2. The highest BCUT2D eigenvalue weighted by molar-refractivity contribution is 5.00. The molecule has 0 aromatic carbocycles. The summed E-state index contributed by atoms with van der Waals surface area (Å²) >= 11 is 0. The predicted octanol–water partition coefficient (Wildman–Crippen LogP) is -2.94. The van der Waals surface area contributed by atoms with Gasteiger partial charge in [0.25, 0.3) is 5.56 Å². The van der Waals surface area contributed by atoms with Crippen LogP contribution in [0.3, 0.4) is 0 Å². The lowest BCUT2D eigenvalue weighted by atomic mass is 10.1. The van der Waals surface area contributed by atoms with Gasteiger partial charge in [-0.3, -0.25) is 9.36 Å². The Morgan fingerprint density at radius 3 is 2.58 bits per heavy atom. The molecule has 0 bridgehead atoms. The maximum absolute atomic E-state index is 11.9. The van der Waals surface area contributed by atoms with E-state index in [0.29, 0.717) is 4.57 Å². The molecule has 1 fully saturated rings. The lowest BCUT2D eigenvalue weighted by Crippen LogP contribution is -2.41. The van der Waals surface area contributed by atoms with Crippen molar-refractivity contribution in [3.05, 3.63) is 33.1 Å². The lowest BCUT2D eigenvalue weighted by molar-refractivity contribution is -0.0553. The molecule has 0 aliphatic carbocycles. The molecule has 4 atom stereocenters. The lowest BCUT2D eigenvalue weighted by Gasteiger charge is -2.17. The van der Waals surface area contributed by atoms with E-state index in [9.17, 15) is 19.8 Å².